The van der Waals surface area contributed by atoms with Crippen molar-refractivity contribution in [1.29, 1.82) is 0 Å². The van der Waals surface area contributed by atoms with Crippen LogP contribution in [0.2, 0.25) is 0 Å². The van der Waals surface area contributed by atoms with E-state index < -0.39 is 0 Å². The van der Waals surface area contributed by atoms with E-state index in [2.05, 4.69) is 47.6 Å². The quantitative estimate of drug-likeness (QED) is 0.772. The maximum absolute atomic E-state index is 5.51. The summed E-state index contributed by atoms with van der Waals surface area (Å²) in [5.41, 5.74) is 6.30. The zero-order valence-corrected chi connectivity index (χ0v) is 14.3. The molecule has 3 aromatic rings. The molecule has 24 heavy (non-hydrogen) atoms. The number of aryl methyl sites for hydroxylation is 1. The standard InChI is InChI=1S/C20H22N2O2/c1-12-10-17(23-2)18(24-3)11-15(12)19-20-14(8-9-21-19)13-6-4-5-7-16(13)22-20/h4-7,10-11,19,21-22H,8-9H2,1-3H3. The van der Waals surface area contributed by atoms with E-state index in [1.54, 1.807) is 14.2 Å². The van der Waals surface area contributed by atoms with Gasteiger partial charge in [-0.05, 0) is 48.2 Å². The van der Waals surface area contributed by atoms with Crippen LogP contribution in [0.15, 0.2) is 36.4 Å². The van der Waals surface area contributed by atoms with Gasteiger partial charge in [-0.1, -0.05) is 18.2 Å². The Balaban J connectivity index is 1.87. The Bertz CT molecular complexity index is 898. The van der Waals surface area contributed by atoms with Gasteiger partial charge in [0.05, 0.1) is 20.3 Å². The van der Waals surface area contributed by atoms with Crippen molar-refractivity contribution in [3.05, 3.63) is 58.8 Å². The van der Waals surface area contributed by atoms with E-state index in [-0.39, 0.29) is 6.04 Å². The molecule has 0 spiro atoms. The van der Waals surface area contributed by atoms with E-state index in [4.69, 9.17) is 9.47 Å². The largest absolute Gasteiger partial charge is 0.493 e. The summed E-state index contributed by atoms with van der Waals surface area (Å²) in [6.45, 7) is 3.09. The van der Waals surface area contributed by atoms with Crippen molar-refractivity contribution in [3.8, 4) is 11.5 Å². The highest BCUT2D eigenvalue weighted by atomic mass is 16.5. The topological polar surface area (TPSA) is 46.3 Å². The van der Waals surface area contributed by atoms with E-state index >= 15 is 0 Å². The molecule has 0 saturated heterocycles. The van der Waals surface area contributed by atoms with Crippen LogP contribution in [0.5, 0.6) is 11.5 Å². The smallest absolute Gasteiger partial charge is 0.161 e. The molecule has 0 radical (unpaired) electrons. The maximum atomic E-state index is 5.51. The summed E-state index contributed by atoms with van der Waals surface area (Å²) >= 11 is 0. The van der Waals surface area contributed by atoms with Gasteiger partial charge in [-0.2, -0.15) is 0 Å². The normalized spacial score (nSPS) is 16.9. The van der Waals surface area contributed by atoms with Crippen LogP contribution in [0.4, 0.5) is 0 Å². The lowest BCUT2D eigenvalue weighted by Crippen LogP contribution is -2.31. The third-order valence-electron chi connectivity index (χ3n) is 4.94. The Morgan fingerprint density at radius 3 is 2.58 bits per heavy atom. The van der Waals surface area contributed by atoms with Gasteiger partial charge >= 0.3 is 0 Å². The van der Waals surface area contributed by atoms with Gasteiger partial charge in [0.15, 0.2) is 11.5 Å². The number of benzene rings is 2. The molecular formula is C20H22N2O2. The molecule has 1 atom stereocenters. The van der Waals surface area contributed by atoms with Crippen LogP contribution >= 0.6 is 0 Å². The van der Waals surface area contributed by atoms with Crippen LogP contribution in [-0.2, 0) is 6.42 Å². The molecule has 0 amide bonds. The van der Waals surface area contributed by atoms with E-state index in [1.807, 2.05) is 6.07 Å². The summed E-state index contributed by atoms with van der Waals surface area (Å²) in [7, 11) is 3.35. The van der Waals surface area contributed by atoms with E-state index in [9.17, 15) is 0 Å². The van der Waals surface area contributed by atoms with Gasteiger partial charge in [-0.3, -0.25) is 0 Å². The van der Waals surface area contributed by atoms with Crippen molar-refractivity contribution in [3.63, 3.8) is 0 Å². The minimum Gasteiger partial charge on any atom is -0.493 e. The summed E-state index contributed by atoms with van der Waals surface area (Å²) in [6.07, 6.45) is 1.04. The fraction of sp³-hybridized carbons (Fsp3) is 0.300. The molecule has 124 valence electrons. The molecule has 4 nitrogen and oxygen atoms in total. The lowest BCUT2D eigenvalue weighted by Gasteiger charge is -2.27. The summed E-state index contributed by atoms with van der Waals surface area (Å²) < 4.78 is 10.9. The molecule has 0 bridgehead atoms. The van der Waals surface area contributed by atoms with E-state index in [0.717, 1.165) is 24.5 Å². The first-order valence-corrected chi connectivity index (χ1v) is 8.28. The van der Waals surface area contributed by atoms with Crippen molar-refractivity contribution in [2.75, 3.05) is 20.8 Å². The first kappa shape index (κ1) is 15.1. The van der Waals surface area contributed by atoms with Crippen LogP contribution in [0, 0.1) is 6.92 Å². The maximum Gasteiger partial charge on any atom is 0.161 e. The highest BCUT2D eigenvalue weighted by Crippen LogP contribution is 2.38. The monoisotopic (exact) mass is 322 g/mol. The van der Waals surface area contributed by atoms with Crippen LogP contribution in [0.3, 0.4) is 0 Å². The number of aromatic amines is 1. The third kappa shape index (κ3) is 2.26. The van der Waals surface area contributed by atoms with Gasteiger partial charge in [0, 0.05) is 23.1 Å². The Hall–Kier alpha value is -2.46. The molecule has 1 aliphatic heterocycles. The molecule has 1 aromatic heterocycles. The SMILES string of the molecule is COc1cc(C)c(C2NCCc3c2[nH]c2ccccc32)cc1OC. The van der Waals surface area contributed by atoms with Crippen molar-refractivity contribution < 1.29 is 9.47 Å². The highest BCUT2D eigenvalue weighted by molar-refractivity contribution is 5.85. The number of ether oxygens (including phenoxy) is 2. The predicted molar refractivity (Wildman–Crippen MR) is 96.1 cm³/mol. The lowest BCUT2D eigenvalue weighted by molar-refractivity contribution is 0.353. The van der Waals surface area contributed by atoms with Crippen molar-refractivity contribution in [2.24, 2.45) is 0 Å². The van der Waals surface area contributed by atoms with Gasteiger partial charge < -0.3 is 19.8 Å². The number of nitrogens with one attached hydrogen (secondary N) is 2. The fourth-order valence-electron chi connectivity index (χ4n) is 3.75. The summed E-state index contributed by atoms with van der Waals surface area (Å²) in [5, 5.41) is 4.99. The minimum absolute atomic E-state index is 0.140. The van der Waals surface area contributed by atoms with Crippen LogP contribution in [0.25, 0.3) is 10.9 Å². The number of hydrogen-bond donors (Lipinski definition) is 2. The Morgan fingerprint density at radius 1 is 1.04 bits per heavy atom. The molecule has 4 heteroatoms. The van der Waals surface area contributed by atoms with Gasteiger partial charge in [-0.15, -0.1) is 0 Å². The van der Waals surface area contributed by atoms with Gasteiger partial charge in [0.1, 0.15) is 0 Å². The first-order chi connectivity index (χ1) is 11.7. The third-order valence-corrected chi connectivity index (χ3v) is 4.94. The molecule has 4 rings (SSSR count). The molecule has 0 fully saturated rings. The minimum atomic E-state index is 0.140. The zero-order valence-electron chi connectivity index (χ0n) is 14.3. The number of fused-ring (bicyclic) bond motifs is 3. The second-order valence-corrected chi connectivity index (χ2v) is 6.26. The summed E-state index contributed by atoms with van der Waals surface area (Å²) in [5.74, 6) is 1.54. The zero-order chi connectivity index (χ0) is 16.7. The average Bonchev–Trinajstić information content (AvgIpc) is 3.00. The predicted octanol–water partition coefficient (Wildman–Crippen LogP) is 3.73. The molecule has 1 aliphatic rings. The lowest BCUT2D eigenvalue weighted by atomic mass is 9.91. The van der Waals surface area contributed by atoms with Crippen molar-refractivity contribution >= 4 is 10.9 Å². The number of para-hydroxylation sites is 1. The second-order valence-electron chi connectivity index (χ2n) is 6.26. The number of H-pyrrole nitrogens is 1. The van der Waals surface area contributed by atoms with Crippen molar-refractivity contribution in [1.82, 2.24) is 10.3 Å². The molecule has 1 unspecified atom stereocenters. The number of aromatic nitrogens is 1. The van der Waals surface area contributed by atoms with Crippen LogP contribution < -0.4 is 14.8 Å². The Kier molecular flexibility index (Phi) is 3.69. The van der Waals surface area contributed by atoms with Crippen molar-refractivity contribution in [2.45, 2.75) is 19.4 Å². The number of methoxy groups -OCH3 is 2. The van der Waals surface area contributed by atoms with Crippen LogP contribution in [-0.4, -0.2) is 25.7 Å². The van der Waals surface area contributed by atoms with Crippen LogP contribution in [0.1, 0.15) is 28.4 Å². The molecule has 0 saturated carbocycles. The van der Waals surface area contributed by atoms with Gasteiger partial charge in [-0.25, -0.2) is 0 Å². The summed E-state index contributed by atoms with van der Waals surface area (Å²) in [6, 6.07) is 12.8. The molecule has 2 heterocycles. The fourth-order valence-corrected chi connectivity index (χ4v) is 3.75. The van der Waals surface area contributed by atoms with Gasteiger partial charge in [0.2, 0.25) is 0 Å². The second kappa shape index (κ2) is 5.87. The van der Waals surface area contributed by atoms with E-state index in [1.165, 1.54) is 33.3 Å². The average molecular weight is 322 g/mol. The first-order valence-electron chi connectivity index (χ1n) is 8.28. The Labute approximate surface area is 141 Å². The molecule has 2 aromatic carbocycles. The molecular weight excluding hydrogens is 300 g/mol. The highest BCUT2D eigenvalue weighted by Gasteiger charge is 2.27. The number of hydrogen-bond acceptors (Lipinski definition) is 3. The number of rotatable bonds is 3. The molecule has 2 N–H and O–H groups in total. The molecule has 0 aliphatic carbocycles. The summed E-state index contributed by atoms with van der Waals surface area (Å²) in [4.78, 5) is 3.62. The van der Waals surface area contributed by atoms with E-state index in [0.29, 0.717) is 0 Å². The Morgan fingerprint density at radius 2 is 1.79 bits per heavy atom. The van der Waals surface area contributed by atoms with Gasteiger partial charge in [0.25, 0.3) is 0 Å².